The molecule has 0 radical (unpaired) electrons. The van der Waals surface area contributed by atoms with Gasteiger partial charge in [0.2, 0.25) is 0 Å². The quantitative estimate of drug-likeness (QED) is 0.728. The number of hydrogen-bond donors (Lipinski definition) is 2. The number of para-hydroxylation sites is 1. The van der Waals surface area contributed by atoms with Gasteiger partial charge in [0, 0.05) is 33.7 Å². The van der Waals surface area contributed by atoms with Crippen molar-refractivity contribution in [3.05, 3.63) is 46.6 Å². The van der Waals surface area contributed by atoms with Crippen molar-refractivity contribution in [2.75, 3.05) is 6.54 Å². The lowest BCUT2D eigenvalue weighted by molar-refractivity contribution is 0.899. The van der Waals surface area contributed by atoms with E-state index in [1.54, 1.807) is 0 Å². The summed E-state index contributed by atoms with van der Waals surface area (Å²) in [5, 5.41) is 6.76. The lowest BCUT2D eigenvalue weighted by Crippen LogP contribution is -2.22. The molecule has 0 saturated heterocycles. The van der Waals surface area contributed by atoms with Crippen LogP contribution < -0.4 is 15.9 Å². The molecule has 0 saturated carbocycles. The van der Waals surface area contributed by atoms with Gasteiger partial charge in [0.15, 0.2) is 0 Å². The molecule has 0 aliphatic carbocycles. The third-order valence-corrected chi connectivity index (χ3v) is 2.97. The molecule has 16 heavy (non-hydrogen) atoms. The van der Waals surface area contributed by atoms with Gasteiger partial charge >= 0.3 is 0 Å². The predicted molar refractivity (Wildman–Crippen MR) is 68.2 cm³/mol. The summed E-state index contributed by atoms with van der Waals surface area (Å²) in [7, 11) is 0. The van der Waals surface area contributed by atoms with E-state index in [-0.39, 0.29) is 0 Å². The zero-order valence-corrected chi connectivity index (χ0v) is 9.09. The van der Waals surface area contributed by atoms with Gasteiger partial charge in [-0.2, -0.15) is 0 Å². The van der Waals surface area contributed by atoms with Crippen LogP contribution in [0.15, 0.2) is 36.0 Å². The third kappa shape index (κ3) is 1.43. The Labute approximate surface area is 94.0 Å². The Bertz CT molecular complexity index is 662. The molecule has 0 fully saturated rings. The molecule has 0 bridgehead atoms. The van der Waals surface area contributed by atoms with Gasteiger partial charge in [-0.15, -0.1) is 0 Å². The number of H-pyrrole nitrogens is 1. The number of aromatic amines is 1. The van der Waals surface area contributed by atoms with Crippen molar-refractivity contribution in [1.82, 2.24) is 10.3 Å². The number of hydrogen-bond acceptors (Lipinski definition) is 1. The fourth-order valence-electron chi connectivity index (χ4n) is 2.17. The lowest BCUT2D eigenvalue weighted by atomic mass is 10.2. The summed E-state index contributed by atoms with van der Waals surface area (Å²) in [5.74, 6) is 0. The molecule has 0 amide bonds. The number of benzene rings is 1. The van der Waals surface area contributed by atoms with Gasteiger partial charge in [-0.3, -0.25) is 0 Å². The zero-order valence-electron chi connectivity index (χ0n) is 9.09. The number of allylic oxidation sites excluding steroid dienone is 1. The average molecular weight is 210 g/mol. The fourth-order valence-corrected chi connectivity index (χ4v) is 2.17. The first-order valence-electron chi connectivity index (χ1n) is 5.56. The number of fused-ring (bicyclic) bond motifs is 1. The highest BCUT2D eigenvalue weighted by Gasteiger charge is 2.02. The van der Waals surface area contributed by atoms with Crippen LogP contribution in [-0.4, -0.2) is 11.5 Å². The predicted octanol–water partition coefficient (Wildman–Crippen LogP) is 1.24. The maximum Gasteiger partial charge on any atom is 0.0464 e. The van der Waals surface area contributed by atoms with Crippen molar-refractivity contribution in [2.24, 2.45) is 0 Å². The molecular weight excluding hydrogens is 196 g/mol. The summed E-state index contributed by atoms with van der Waals surface area (Å²) in [6.07, 6.45) is 5.51. The van der Waals surface area contributed by atoms with E-state index in [2.05, 4.69) is 47.2 Å². The van der Waals surface area contributed by atoms with Crippen molar-refractivity contribution in [3.63, 3.8) is 0 Å². The van der Waals surface area contributed by atoms with Crippen LogP contribution in [0.2, 0.25) is 0 Å². The first-order chi connectivity index (χ1) is 7.84. The second-order valence-electron chi connectivity index (χ2n) is 4.08. The molecule has 2 aromatic rings. The van der Waals surface area contributed by atoms with Crippen LogP contribution in [0.1, 0.15) is 6.42 Å². The van der Waals surface area contributed by atoms with Gasteiger partial charge in [0.25, 0.3) is 0 Å². The van der Waals surface area contributed by atoms with Crippen molar-refractivity contribution in [2.45, 2.75) is 6.42 Å². The number of aromatic nitrogens is 1. The van der Waals surface area contributed by atoms with Crippen LogP contribution in [0.4, 0.5) is 0 Å². The normalized spacial score (nSPS) is 16.5. The van der Waals surface area contributed by atoms with Crippen molar-refractivity contribution in [1.29, 1.82) is 0 Å². The van der Waals surface area contributed by atoms with Gasteiger partial charge in [0.05, 0.1) is 0 Å². The molecule has 0 spiro atoms. The van der Waals surface area contributed by atoms with E-state index >= 15 is 0 Å². The zero-order chi connectivity index (χ0) is 11.0. The monoisotopic (exact) mass is 210 g/mol. The molecule has 1 aromatic carbocycles. The van der Waals surface area contributed by atoms with E-state index in [0.717, 1.165) is 23.8 Å². The van der Waals surface area contributed by atoms with Crippen LogP contribution >= 0.6 is 0 Å². The fraction of sp³-hybridized carbons (Fsp3) is 0.143. The standard InChI is InChI=1S/C14H14N2/c1-10-13(9-11-5-4-8-15-11)12-6-2-3-7-14(12)16-10/h2-3,5-7,9,15-16H,1,4,8H2/b13-9+. The van der Waals surface area contributed by atoms with E-state index in [1.165, 1.54) is 16.3 Å². The van der Waals surface area contributed by atoms with E-state index in [4.69, 9.17) is 0 Å². The minimum atomic E-state index is 0.982. The average Bonchev–Trinajstić information content (AvgIpc) is 2.89. The summed E-state index contributed by atoms with van der Waals surface area (Å²) in [5.41, 5.74) is 2.35. The molecule has 3 rings (SSSR count). The highest BCUT2D eigenvalue weighted by Crippen LogP contribution is 2.06. The third-order valence-electron chi connectivity index (χ3n) is 2.97. The summed E-state index contributed by atoms with van der Waals surface area (Å²) in [6, 6.07) is 8.30. The molecule has 2 nitrogen and oxygen atoms in total. The topological polar surface area (TPSA) is 27.8 Å². The first kappa shape index (κ1) is 9.28. The minimum Gasteiger partial charge on any atom is -0.385 e. The molecule has 0 atom stereocenters. The summed E-state index contributed by atoms with van der Waals surface area (Å²) >= 11 is 0. The minimum absolute atomic E-state index is 0.982. The van der Waals surface area contributed by atoms with Gasteiger partial charge in [0.1, 0.15) is 0 Å². The summed E-state index contributed by atoms with van der Waals surface area (Å²) in [4.78, 5) is 3.30. The molecule has 80 valence electrons. The van der Waals surface area contributed by atoms with Gasteiger partial charge in [-0.1, -0.05) is 30.9 Å². The van der Waals surface area contributed by atoms with E-state index < -0.39 is 0 Å². The second kappa shape index (κ2) is 3.56. The second-order valence-corrected chi connectivity index (χ2v) is 4.08. The Hall–Kier alpha value is -1.96. The van der Waals surface area contributed by atoms with Gasteiger partial charge in [-0.25, -0.2) is 0 Å². The van der Waals surface area contributed by atoms with Crippen LogP contribution in [0, 0.1) is 0 Å². The van der Waals surface area contributed by atoms with E-state index in [1.807, 2.05) is 6.07 Å². The molecule has 2 N–H and O–H groups in total. The molecule has 2 heteroatoms. The number of nitrogens with one attached hydrogen (secondary N) is 2. The van der Waals surface area contributed by atoms with Crippen molar-refractivity contribution < 1.29 is 0 Å². The molecule has 0 unspecified atom stereocenters. The van der Waals surface area contributed by atoms with Crippen LogP contribution in [-0.2, 0) is 0 Å². The molecule has 2 heterocycles. The Balaban J connectivity index is 2.30. The SMILES string of the molecule is C=c1[nH]c2ccccc2/c1=C/C1=CCCN1. The van der Waals surface area contributed by atoms with Crippen molar-refractivity contribution >= 4 is 23.6 Å². The lowest BCUT2D eigenvalue weighted by Gasteiger charge is -1.94. The van der Waals surface area contributed by atoms with Gasteiger partial charge < -0.3 is 10.3 Å². The largest absolute Gasteiger partial charge is 0.385 e. The van der Waals surface area contributed by atoms with E-state index in [0.29, 0.717) is 0 Å². The van der Waals surface area contributed by atoms with Crippen LogP contribution in [0.3, 0.4) is 0 Å². The molecular formula is C14H14N2. The highest BCUT2D eigenvalue weighted by atomic mass is 14.9. The van der Waals surface area contributed by atoms with Crippen LogP contribution in [0.25, 0.3) is 23.6 Å². The van der Waals surface area contributed by atoms with E-state index in [9.17, 15) is 0 Å². The Kier molecular flexibility index (Phi) is 2.07. The van der Waals surface area contributed by atoms with Gasteiger partial charge in [-0.05, 0) is 18.6 Å². The van der Waals surface area contributed by atoms with Crippen molar-refractivity contribution in [3.8, 4) is 0 Å². The molecule has 1 aliphatic rings. The maximum absolute atomic E-state index is 4.06. The molecule has 1 aromatic heterocycles. The first-order valence-corrected chi connectivity index (χ1v) is 5.56. The Morgan fingerprint density at radius 1 is 1.25 bits per heavy atom. The Morgan fingerprint density at radius 2 is 2.12 bits per heavy atom. The number of rotatable bonds is 1. The van der Waals surface area contributed by atoms with Crippen LogP contribution in [0.5, 0.6) is 0 Å². The maximum atomic E-state index is 4.06. The molecule has 1 aliphatic heterocycles. The summed E-state index contributed by atoms with van der Waals surface area (Å²) in [6.45, 7) is 5.10. The Morgan fingerprint density at radius 3 is 2.94 bits per heavy atom. The highest BCUT2D eigenvalue weighted by molar-refractivity contribution is 5.81. The summed E-state index contributed by atoms with van der Waals surface area (Å²) < 4.78 is 0. The smallest absolute Gasteiger partial charge is 0.0464 e.